The maximum Gasteiger partial charge on any atom is 0.491 e. The van der Waals surface area contributed by atoms with E-state index in [1.54, 1.807) is 0 Å². The highest BCUT2D eigenvalue weighted by atomic mass is 16.7. The van der Waals surface area contributed by atoms with Crippen molar-refractivity contribution in [1.82, 2.24) is 0 Å². The van der Waals surface area contributed by atoms with E-state index < -0.39 is 7.12 Å². The van der Waals surface area contributed by atoms with Gasteiger partial charge < -0.3 is 20.1 Å². The molecule has 3 N–H and O–H groups in total. The first-order valence-electron chi connectivity index (χ1n) is 8.25. The number of rotatable bonds is 6. The van der Waals surface area contributed by atoms with Gasteiger partial charge in [-0.3, -0.25) is 0 Å². The van der Waals surface area contributed by atoms with Crippen LogP contribution in [0.15, 0.2) is 29.7 Å². The van der Waals surface area contributed by atoms with Gasteiger partial charge >= 0.3 is 7.12 Å². The van der Waals surface area contributed by atoms with Gasteiger partial charge in [0.15, 0.2) is 0 Å². The number of aliphatic hydroxyl groups is 1. The molecule has 1 aliphatic rings. The lowest BCUT2D eigenvalue weighted by molar-refractivity contribution is 0.00578. The second kappa shape index (κ2) is 7.18. The summed E-state index contributed by atoms with van der Waals surface area (Å²) in [5.74, 6) is 0. The van der Waals surface area contributed by atoms with Crippen LogP contribution in [0.2, 0.25) is 0 Å². The van der Waals surface area contributed by atoms with Gasteiger partial charge in [0, 0.05) is 13.2 Å². The topological polar surface area (TPSA) is 64.7 Å². The molecule has 0 radical (unpaired) electrons. The van der Waals surface area contributed by atoms with E-state index in [2.05, 4.69) is 18.2 Å². The molecular formula is C18H28BNO3. The van der Waals surface area contributed by atoms with E-state index in [4.69, 9.17) is 20.1 Å². The number of aliphatic hydroxyl groups excluding tert-OH is 1. The molecule has 0 aromatic heterocycles. The fraction of sp³-hybridized carbons (Fsp3) is 0.556. The van der Waals surface area contributed by atoms with Gasteiger partial charge in [-0.05, 0) is 57.1 Å². The number of hydrogen-bond donors (Lipinski definition) is 2. The van der Waals surface area contributed by atoms with Gasteiger partial charge in [0.1, 0.15) is 0 Å². The molecule has 0 aliphatic carbocycles. The van der Waals surface area contributed by atoms with Crippen LogP contribution in [-0.2, 0) is 15.7 Å². The normalized spacial score (nSPS) is 20.1. The van der Waals surface area contributed by atoms with Crippen LogP contribution in [0, 0.1) is 0 Å². The Labute approximate surface area is 139 Å². The summed E-state index contributed by atoms with van der Waals surface area (Å²) in [6.07, 6.45) is 3.65. The molecule has 23 heavy (non-hydrogen) atoms. The van der Waals surface area contributed by atoms with Crippen molar-refractivity contribution >= 4 is 13.2 Å². The zero-order valence-electron chi connectivity index (χ0n) is 14.6. The SMILES string of the molecule is CC1(C)OB(C(=Cc2ccccc2CCCO)CN)OC1(C)C. The summed E-state index contributed by atoms with van der Waals surface area (Å²) in [5, 5.41) is 9.06. The fourth-order valence-corrected chi connectivity index (χ4v) is 2.59. The summed E-state index contributed by atoms with van der Waals surface area (Å²) < 4.78 is 12.2. The predicted octanol–water partition coefficient (Wildman–Crippen LogP) is 2.59. The lowest BCUT2D eigenvalue weighted by Crippen LogP contribution is -2.41. The number of hydrogen-bond acceptors (Lipinski definition) is 4. The van der Waals surface area contributed by atoms with Gasteiger partial charge in [-0.15, -0.1) is 0 Å². The lowest BCUT2D eigenvalue weighted by Gasteiger charge is -2.32. The monoisotopic (exact) mass is 317 g/mol. The van der Waals surface area contributed by atoms with Crippen molar-refractivity contribution in [2.75, 3.05) is 13.2 Å². The molecule has 0 spiro atoms. The summed E-state index contributed by atoms with van der Waals surface area (Å²) in [5.41, 5.74) is 8.45. The van der Waals surface area contributed by atoms with E-state index in [0.717, 1.165) is 23.9 Å². The van der Waals surface area contributed by atoms with Crippen LogP contribution in [-0.4, -0.2) is 36.6 Å². The average Bonchev–Trinajstić information content (AvgIpc) is 2.71. The first-order chi connectivity index (χ1) is 10.8. The second-order valence-corrected chi connectivity index (χ2v) is 7.04. The van der Waals surface area contributed by atoms with E-state index >= 15 is 0 Å². The summed E-state index contributed by atoms with van der Waals surface area (Å²) in [6, 6.07) is 8.17. The number of nitrogens with two attached hydrogens (primary N) is 1. The van der Waals surface area contributed by atoms with Gasteiger partial charge in [-0.25, -0.2) is 0 Å². The Bertz CT molecular complexity index is 553. The van der Waals surface area contributed by atoms with E-state index in [9.17, 15) is 0 Å². The molecule has 126 valence electrons. The average molecular weight is 317 g/mol. The molecule has 1 fully saturated rings. The summed E-state index contributed by atoms with van der Waals surface area (Å²) in [6.45, 7) is 8.73. The molecule has 1 aromatic rings. The number of aryl methyl sites for hydroxylation is 1. The van der Waals surface area contributed by atoms with Gasteiger partial charge in [0.25, 0.3) is 0 Å². The van der Waals surface area contributed by atoms with Gasteiger partial charge in [0.05, 0.1) is 11.2 Å². The third-order valence-corrected chi connectivity index (χ3v) is 4.79. The minimum absolute atomic E-state index is 0.193. The maximum atomic E-state index is 9.06. The minimum Gasteiger partial charge on any atom is -0.400 e. The van der Waals surface area contributed by atoms with Crippen molar-refractivity contribution in [2.45, 2.75) is 51.7 Å². The van der Waals surface area contributed by atoms with E-state index in [1.807, 2.05) is 39.8 Å². The smallest absolute Gasteiger partial charge is 0.400 e. The van der Waals surface area contributed by atoms with Crippen LogP contribution < -0.4 is 5.73 Å². The van der Waals surface area contributed by atoms with Crippen molar-refractivity contribution < 1.29 is 14.4 Å². The Kier molecular flexibility index (Phi) is 5.68. The molecular weight excluding hydrogens is 289 g/mol. The highest BCUT2D eigenvalue weighted by Gasteiger charge is 2.52. The van der Waals surface area contributed by atoms with Crippen LogP contribution in [0.5, 0.6) is 0 Å². The standard InChI is InChI=1S/C18H28BNO3/c1-17(2)18(3,4)23-19(22-17)16(13-20)12-15-9-6-5-8-14(15)10-7-11-21/h5-6,8-9,12,21H,7,10-11,13,20H2,1-4H3. The molecule has 2 rings (SSSR count). The minimum atomic E-state index is -0.420. The summed E-state index contributed by atoms with van der Waals surface area (Å²) in [4.78, 5) is 0. The highest BCUT2D eigenvalue weighted by molar-refractivity contribution is 6.55. The molecule has 1 aromatic carbocycles. The fourth-order valence-electron chi connectivity index (χ4n) is 2.59. The van der Waals surface area contributed by atoms with Crippen LogP contribution in [0.25, 0.3) is 6.08 Å². The van der Waals surface area contributed by atoms with Crippen molar-refractivity contribution in [3.63, 3.8) is 0 Å². The predicted molar refractivity (Wildman–Crippen MR) is 95.0 cm³/mol. The zero-order chi connectivity index (χ0) is 17.1. The first-order valence-corrected chi connectivity index (χ1v) is 8.25. The molecule has 1 heterocycles. The van der Waals surface area contributed by atoms with Crippen LogP contribution in [0.4, 0.5) is 0 Å². The molecule has 0 atom stereocenters. The molecule has 4 nitrogen and oxygen atoms in total. The Balaban J connectivity index is 2.27. The summed E-state index contributed by atoms with van der Waals surface area (Å²) >= 11 is 0. The third kappa shape index (κ3) is 4.04. The Morgan fingerprint density at radius 1 is 1.17 bits per heavy atom. The van der Waals surface area contributed by atoms with E-state index in [-0.39, 0.29) is 17.8 Å². The highest BCUT2D eigenvalue weighted by Crippen LogP contribution is 2.38. The van der Waals surface area contributed by atoms with E-state index in [1.165, 1.54) is 5.56 Å². The van der Waals surface area contributed by atoms with Crippen LogP contribution >= 0.6 is 0 Å². The van der Waals surface area contributed by atoms with Gasteiger partial charge in [-0.2, -0.15) is 0 Å². The molecule has 0 saturated carbocycles. The lowest BCUT2D eigenvalue weighted by atomic mass is 9.76. The van der Waals surface area contributed by atoms with Gasteiger partial charge in [-0.1, -0.05) is 30.3 Å². The molecule has 0 unspecified atom stereocenters. The van der Waals surface area contributed by atoms with E-state index in [0.29, 0.717) is 6.54 Å². The number of benzene rings is 1. The van der Waals surface area contributed by atoms with Crippen LogP contribution in [0.1, 0.15) is 45.2 Å². The zero-order valence-corrected chi connectivity index (χ0v) is 14.6. The Hall–Kier alpha value is -1.14. The Morgan fingerprint density at radius 3 is 2.35 bits per heavy atom. The molecule has 1 saturated heterocycles. The van der Waals surface area contributed by atoms with Crippen molar-refractivity contribution in [3.8, 4) is 0 Å². The maximum absolute atomic E-state index is 9.06. The molecule has 0 bridgehead atoms. The molecule has 5 heteroatoms. The summed E-state index contributed by atoms with van der Waals surface area (Å²) in [7, 11) is -0.420. The van der Waals surface area contributed by atoms with Gasteiger partial charge in [0.2, 0.25) is 0 Å². The molecule has 1 aliphatic heterocycles. The Morgan fingerprint density at radius 2 is 1.78 bits per heavy atom. The third-order valence-electron chi connectivity index (χ3n) is 4.79. The van der Waals surface area contributed by atoms with Crippen LogP contribution in [0.3, 0.4) is 0 Å². The van der Waals surface area contributed by atoms with Crippen molar-refractivity contribution in [1.29, 1.82) is 0 Å². The van der Waals surface area contributed by atoms with Crippen molar-refractivity contribution in [3.05, 3.63) is 40.9 Å². The second-order valence-electron chi connectivity index (χ2n) is 7.04. The quantitative estimate of drug-likeness (QED) is 0.792. The molecule has 0 amide bonds. The largest absolute Gasteiger partial charge is 0.491 e. The van der Waals surface area contributed by atoms with Crippen molar-refractivity contribution in [2.24, 2.45) is 5.73 Å². The first kappa shape index (κ1) is 18.2.